The van der Waals surface area contributed by atoms with Gasteiger partial charge in [-0.15, -0.1) is 0 Å². The number of methoxy groups -OCH3 is 1. The van der Waals surface area contributed by atoms with E-state index in [1.807, 2.05) is 50.2 Å². The van der Waals surface area contributed by atoms with Crippen LogP contribution in [0.15, 0.2) is 54.9 Å². The highest BCUT2D eigenvalue weighted by Gasteiger charge is 2.10. The molecule has 0 unspecified atom stereocenters. The van der Waals surface area contributed by atoms with Gasteiger partial charge in [0, 0.05) is 17.8 Å². The molecule has 6 nitrogen and oxygen atoms in total. The third-order valence-corrected chi connectivity index (χ3v) is 4.17. The lowest BCUT2D eigenvalue weighted by Crippen LogP contribution is -2.24. The predicted molar refractivity (Wildman–Crippen MR) is 105 cm³/mol. The quantitative estimate of drug-likeness (QED) is 0.698. The number of aryl methyl sites for hydroxylation is 2. The summed E-state index contributed by atoms with van der Waals surface area (Å²) in [6.07, 6.45) is 3.02. The van der Waals surface area contributed by atoms with Gasteiger partial charge < -0.3 is 15.4 Å². The van der Waals surface area contributed by atoms with Crippen LogP contribution in [0.5, 0.6) is 5.75 Å². The number of rotatable bonds is 6. The van der Waals surface area contributed by atoms with Crippen molar-refractivity contribution in [2.75, 3.05) is 12.4 Å². The first-order valence-electron chi connectivity index (χ1n) is 8.63. The summed E-state index contributed by atoms with van der Waals surface area (Å²) in [5.41, 5.74) is 4.40. The molecule has 2 N–H and O–H groups in total. The Kier molecular flexibility index (Phi) is 5.66. The fourth-order valence-corrected chi connectivity index (χ4v) is 2.63. The number of hydrogen-bond donors (Lipinski definition) is 2. The van der Waals surface area contributed by atoms with Gasteiger partial charge in [-0.05, 0) is 37.1 Å². The highest BCUT2D eigenvalue weighted by Crippen LogP contribution is 2.20. The molecule has 6 heteroatoms. The minimum absolute atomic E-state index is 0.261. The minimum atomic E-state index is -0.285. The molecular formula is C21H22N4O2. The highest BCUT2D eigenvalue weighted by atomic mass is 16.5. The summed E-state index contributed by atoms with van der Waals surface area (Å²) in [7, 11) is 1.60. The topological polar surface area (TPSA) is 76.1 Å². The molecule has 0 atom stereocenters. The molecule has 1 aromatic heterocycles. The molecule has 0 radical (unpaired) electrons. The summed E-state index contributed by atoms with van der Waals surface area (Å²) in [5, 5.41) is 6.06. The maximum absolute atomic E-state index is 12.3. The normalized spacial score (nSPS) is 10.3. The van der Waals surface area contributed by atoms with E-state index < -0.39 is 0 Å². The van der Waals surface area contributed by atoms with Crippen LogP contribution in [0.2, 0.25) is 0 Å². The van der Waals surface area contributed by atoms with Gasteiger partial charge in [0.05, 0.1) is 19.5 Å². The Morgan fingerprint density at radius 2 is 1.89 bits per heavy atom. The molecule has 0 fully saturated rings. The highest BCUT2D eigenvalue weighted by molar-refractivity contribution is 5.92. The molecule has 3 rings (SSSR count). The summed E-state index contributed by atoms with van der Waals surface area (Å²) in [6.45, 7) is 4.41. The molecule has 1 amide bonds. The van der Waals surface area contributed by atoms with Gasteiger partial charge in [-0.25, -0.2) is 9.97 Å². The molecule has 0 aliphatic rings. The molecular weight excluding hydrogens is 340 g/mol. The molecule has 2 aromatic carbocycles. The Balaban J connectivity index is 1.64. The average Bonchev–Trinajstić information content (AvgIpc) is 2.69. The molecule has 1 heterocycles. The second-order valence-corrected chi connectivity index (χ2v) is 6.22. The molecule has 0 saturated carbocycles. The van der Waals surface area contributed by atoms with Crippen molar-refractivity contribution in [3.63, 3.8) is 0 Å². The van der Waals surface area contributed by atoms with Crippen molar-refractivity contribution in [3.05, 3.63) is 77.2 Å². The number of carbonyl (C=O) groups is 1. The number of ether oxygens (including phenoxy) is 1. The van der Waals surface area contributed by atoms with E-state index in [2.05, 4.69) is 26.7 Å². The van der Waals surface area contributed by atoms with Gasteiger partial charge in [-0.2, -0.15) is 0 Å². The lowest BCUT2D eigenvalue weighted by atomic mass is 10.1. The molecule has 0 bridgehead atoms. The first kappa shape index (κ1) is 18.4. The first-order valence-corrected chi connectivity index (χ1v) is 8.63. The van der Waals surface area contributed by atoms with Crippen LogP contribution < -0.4 is 15.4 Å². The number of amides is 1. The van der Waals surface area contributed by atoms with Crippen LogP contribution in [0.3, 0.4) is 0 Å². The van der Waals surface area contributed by atoms with Gasteiger partial charge in [0.15, 0.2) is 0 Å². The van der Waals surface area contributed by atoms with Gasteiger partial charge in [0.2, 0.25) is 0 Å². The van der Waals surface area contributed by atoms with E-state index in [-0.39, 0.29) is 11.6 Å². The number of anilines is 2. The van der Waals surface area contributed by atoms with Crippen molar-refractivity contribution in [2.24, 2.45) is 0 Å². The summed E-state index contributed by atoms with van der Waals surface area (Å²) in [6, 6.07) is 13.7. The lowest BCUT2D eigenvalue weighted by Gasteiger charge is -2.11. The standard InChI is InChI=1S/C21H22N4O2/c1-14-8-9-15(2)17(10-14)25-20-13-22-18(12-23-20)21(26)24-11-16-6-4-5-7-19(16)27-3/h4-10,12-13H,11H2,1-3H3,(H,23,25)(H,24,26). The van der Waals surface area contributed by atoms with E-state index in [0.717, 1.165) is 28.1 Å². The predicted octanol–water partition coefficient (Wildman–Crippen LogP) is 3.78. The monoisotopic (exact) mass is 362 g/mol. The fraction of sp³-hybridized carbons (Fsp3) is 0.190. The summed E-state index contributed by atoms with van der Waals surface area (Å²) >= 11 is 0. The first-order chi connectivity index (χ1) is 13.1. The van der Waals surface area contributed by atoms with Crippen LogP contribution in [0.4, 0.5) is 11.5 Å². The van der Waals surface area contributed by atoms with Crippen molar-refractivity contribution in [2.45, 2.75) is 20.4 Å². The van der Waals surface area contributed by atoms with Gasteiger partial charge in [0.1, 0.15) is 17.3 Å². The zero-order chi connectivity index (χ0) is 19.2. The number of nitrogens with zero attached hydrogens (tertiary/aromatic N) is 2. The maximum Gasteiger partial charge on any atom is 0.271 e. The molecule has 3 aromatic rings. The van der Waals surface area contributed by atoms with E-state index in [4.69, 9.17) is 4.74 Å². The van der Waals surface area contributed by atoms with Crippen LogP contribution in [0.1, 0.15) is 27.2 Å². The van der Waals surface area contributed by atoms with Crippen molar-refractivity contribution < 1.29 is 9.53 Å². The Labute approximate surface area is 158 Å². The fourth-order valence-electron chi connectivity index (χ4n) is 2.63. The second-order valence-electron chi connectivity index (χ2n) is 6.22. The summed E-state index contributed by atoms with van der Waals surface area (Å²) in [4.78, 5) is 20.8. The third-order valence-electron chi connectivity index (χ3n) is 4.17. The summed E-state index contributed by atoms with van der Waals surface area (Å²) < 4.78 is 5.29. The van der Waals surface area contributed by atoms with Crippen LogP contribution in [-0.4, -0.2) is 23.0 Å². The van der Waals surface area contributed by atoms with Crippen molar-refractivity contribution in [1.29, 1.82) is 0 Å². The third kappa shape index (κ3) is 4.61. The van der Waals surface area contributed by atoms with Crippen molar-refractivity contribution in [3.8, 4) is 5.75 Å². The van der Waals surface area contributed by atoms with Gasteiger partial charge in [-0.1, -0.05) is 30.3 Å². The van der Waals surface area contributed by atoms with Crippen LogP contribution in [-0.2, 0) is 6.54 Å². The number of hydrogen-bond acceptors (Lipinski definition) is 5. The zero-order valence-electron chi connectivity index (χ0n) is 15.6. The Morgan fingerprint density at radius 1 is 1.07 bits per heavy atom. The van der Waals surface area contributed by atoms with Crippen molar-refractivity contribution >= 4 is 17.4 Å². The Morgan fingerprint density at radius 3 is 2.63 bits per heavy atom. The van der Waals surface area contributed by atoms with Crippen LogP contribution >= 0.6 is 0 Å². The van der Waals surface area contributed by atoms with E-state index in [1.54, 1.807) is 13.3 Å². The molecule has 0 spiro atoms. The van der Waals surface area contributed by atoms with E-state index in [1.165, 1.54) is 6.20 Å². The Bertz CT molecular complexity index is 939. The van der Waals surface area contributed by atoms with Crippen molar-refractivity contribution in [1.82, 2.24) is 15.3 Å². The number of carbonyl (C=O) groups excluding carboxylic acids is 1. The molecule has 0 aliphatic heterocycles. The minimum Gasteiger partial charge on any atom is -0.496 e. The lowest BCUT2D eigenvalue weighted by molar-refractivity contribution is 0.0945. The number of para-hydroxylation sites is 1. The van der Waals surface area contributed by atoms with E-state index in [0.29, 0.717) is 12.4 Å². The number of aromatic nitrogens is 2. The smallest absolute Gasteiger partial charge is 0.271 e. The molecule has 0 aliphatic carbocycles. The molecule has 138 valence electrons. The van der Waals surface area contributed by atoms with Gasteiger partial charge >= 0.3 is 0 Å². The van der Waals surface area contributed by atoms with Crippen LogP contribution in [0, 0.1) is 13.8 Å². The number of nitrogens with one attached hydrogen (secondary N) is 2. The van der Waals surface area contributed by atoms with Gasteiger partial charge in [-0.3, -0.25) is 4.79 Å². The molecule has 27 heavy (non-hydrogen) atoms. The Hall–Kier alpha value is -3.41. The maximum atomic E-state index is 12.3. The van der Waals surface area contributed by atoms with E-state index >= 15 is 0 Å². The second kappa shape index (κ2) is 8.31. The molecule has 0 saturated heterocycles. The average molecular weight is 362 g/mol. The van der Waals surface area contributed by atoms with Crippen LogP contribution in [0.25, 0.3) is 0 Å². The summed E-state index contributed by atoms with van der Waals surface area (Å²) in [5.74, 6) is 1.04. The number of benzene rings is 2. The largest absolute Gasteiger partial charge is 0.496 e. The SMILES string of the molecule is COc1ccccc1CNC(=O)c1cnc(Nc2cc(C)ccc2C)cn1. The van der Waals surface area contributed by atoms with Gasteiger partial charge in [0.25, 0.3) is 5.91 Å². The zero-order valence-corrected chi connectivity index (χ0v) is 15.6. The van der Waals surface area contributed by atoms with E-state index in [9.17, 15) is 4.79 Å².